The van der Waals surface area contributed by atoms with Crippen molar-refractivity contribution in [3.8, 4) is 22.7 Å². The molecule has 156 valence electrons. The van der Waals surface area contributed by atoms with Gasteiger partial charge < -0.3 is 9.73 Å². The maximum atomic E-state index is 12.2. The van der Waals surface area contributed by atoms with Crippen LogP contribution in [0.2, 0.25) is 0 Å². The Morgan fingerprint density at radius 1 is 1.19 bits per heavy atom. The van der Waals surface area contributed by atoms with Crippen molar-refractivity contribution in [1.82, 2.24) is 15.2 Å². The molecule has 31 heavy (non-hydrogen) atoms. The van der Waals surface area contributed by atoms with Gasteiger partial charge in [-0.3, -0.25) is 14.9 Å². The molecule has 0 aliphatic heterocycles. The van der Waals surface area contributed by atoms with Gasteiger partial charge in [0.15, 0.2) is 5.13 Å². The van der Waals surface area contributed by atoms with Gasteiger partial charge in [0.25, 0.3) is 16.8 Å². The van der Waals surface area contributed by atoms with Crippen LogP contribution in [-0.2, 0) is 4.79 Å². The van der Waals surface area contributed by atoms with Crippen molar-refractivity contribution in [3.05, 3.63) is 68.5 Å². The van der Waals surface area contributed by atoms with Crippen LogP contribution in [0.25, 0.3) is 22.7 Å². The van der Waals surface area contributed by atoms with Gasteiger partial charge in [-0.1, -0.05) is 52.0 Å². The fourth-order valence-corrected chi connectivity index (χ4v) is 4.12. The molecule has 4 rings (SSSR count). The number of nitrogens with zero attached hydrogens (tertiary/aromatic N) is 4. The maximum Gasteiger partial charge on any atom is 0.282 e. The summed E-state index contributed by atoms with van der Waals surface area (Å²) in [5.41, 5.74) is 1.81. The van der Waals surface area contributed by atoms with E-state index in [0.717, 1.165) is 27.5 Å². The Hall–Kier alpha value is -3.09. The Balaban J connectivity index is 1.36. The molecule has 1 N–H and O–H groups in total. The smallest absolute Gasteiger partial charge is 0.282 e. The van der Waals surface area contributed by atoms with Crippen LogP contribution in [0.1, 0.15) is 0 Å². The molecule has 4 aromatic rings. The lowest BCUT2D eigenvalue weighted by Gasteiger charge is -2.00. The van der Waals surface area contributed by atoms with Crippen LogP contribution in [0.5, 0.6) is 0 Å². The van der Waals surface area contributed by atoms with E-state index in [1.54, 1.807) is 12.1 Å². The lowest BCUT2D eigenvalue weighted by Crippen LogP contribution is -2.13. The van der Waals surface area contributed by atoms with Gasteiger partial charge in [0.05, 0.1) is 16.4 Å². The lowest BCUT2D eigenvalue weighted by molar-refractivity contribution is -0.384. The summed E-state index contributed by atoms with van der Waals surface area (Å²) >= 11 is 5.75. The highest BCUT2D eigenvalue weighted by Crippen LogP contribution is 2.30. The predicted octanol–water partition coefficient (Wildman–Crippen LogP) is 5.26. The number of nitrogens with one attached hydrogen (secondary N) is 1. The normalized spacial score (nSPS) is 10.7. The fraction of sp³-hybridized carbons (Fsp3) is 0.0526. The van der Waals surface area contributed by atoms with Crippen molar-refractivity contribution in [1.29, 1.82) is 0 Å². The van der Waals surface area contributed by atoms with Gasteiger partial charge in [0, 0.05) is 21.5 Å². The largest absolute Gasteiger partial charge is 0.411 e. The zero-order valence-corrected chi connectivity index (χ0v) is 18.7. The summed E-state index contributed by atoms with van der Waals surface area (Å²) in [5.74, 6) is -0.243. The number of nitro groups is 1. The second-order valence-corrected chi connectivity index (χ2v) is 8.73. The van der Waals surface area contributed by atoms with Crippen molar-refractivity contribution >= 4 is 55.8 Å². The third-order valence-corrected chi connectivity index (χ3v) is 6.06. The molecule has 1 amide bonds. The number of anilines is 1. The van der Waals surface area contributed by atoms with Crippen molar-refractivity contribution in [2.75, 3.05) is 11.1 Å². The van der Waals surface area contributed by atoms with E-state index in [1.165, 1.54) is 23.5 Å². The number of thiazole rings is 1. The van der Waals surface area contributed by atoms with Crippen LogP contribution in [-0.4, -0.2) is 31.8 Å². The minimum absolute atomic E-state index is 0.0196. The molecule has 0 fully saturated rings. The standard InChI is InChI=1S/C19H12BrN5O4S2/c20-12-7-5-11(6-8-12)14-9-30-18(21-14)22-16(26)10-31-19-24-23-17(29-19)13-3-1-2-4-15(13)25(27)28/h1-9H,10H2,(H,21,22,26). The highest BCUT2D eigenvalue weighted by atomic mass is 79.9. The van der Waals surface area contributed by atoms with Crippen molar-refractivity contribution in [2.45, 2.75) is 5.22 Å². The van der Waals surface area contributed by atoms with E-state index < -0.39 is 4.92 Å². The fourth-order valence-electron chi connectivity index (χ4n) is 2.56. The van der Waals surface area contributed by atoms with Gasteiger partial charge >= 0.3 is 0 Å². The first-order valence-corrected chi connectivity index (χ1v) is 11.4. The number of nitro benzene ring substituents is 1. The topological polar surface area (TPSA) is 124 Å². The molecule has 2 heterocycles. The van der Waals surface area contributed by atoms with E-state index in [4.69, 9.17) is 4.42 Å². The molecular weight excluding hydrogens is 506 g/mol. The first kappa shape index (κ1) is 21.2. The van der Waals surface area contributed by atoms with Crippen molar-refractivity contribution in [2.24, 2.45) is 0 Å². The zero-order chi connectivity index (χ0) is 21.8. The summed E-state index contributed by atoms with van der Waals surface area (Å²) in [7, 11) is 0. The van der Waals surface area contributed by atoms with E-state index >= 15 is 0 Å². The number of hydrogen-bond acceptors (Lipinski definition) is 9. The number of carbonyl (C=O) groups is 1. The van der Waals surface area contributed by atoms with Gasteiger partial charge in [-0.25, -0.2) is 4.98 Å². The summed E-state index contributed by atoms with van der Waals surface area (Å²) in [6, 6.07) is 13.8. The molecule has 0 saturated heterocycles. The maximum absolute atomic E-state index is 12.2. The van der Waals surface area contributed by atoms with Crippen molar-refractivity contribution < 1.29 is 14.1 Å². The third kappa shape index (κ3) is 5.16. The second kappa shape index (κ2) is 9.37. The number of aromatic nitrogens is 3. The Morgan fingerprint density at radius 3 is 2.74 bits per heavy atom. The highest BCUT2D eigenvalue weighted by Gasteiger charge is 2.20. The minimum Gasteiger partial charge on any atom is -0.411 e. The third-order valence-electron chi connectivity index (χ3n) is 3.95. The Labute approximate surface area is 192 Å². The number of para-hydroxylation sites is 1. The number of hydrogen-bond donors (Lipinski definition) is 1. The van der Waals surface area contributed by atoms with Crippen LogP contribution >= 0.6 is 39.0 Å². The molecule has 12 heteroatoms. The average Bonchev–Trinajstić information content (AvgIpc) is 3.42. The van der Waals surface area contributed by atoms with E-state index in [9.17, 15) is 14.9 Å². The first-order valence-electron chi connectivity index (χ1n) is 8.71. The molecule has 0 radical (unpaired) electrons. The lowest BCUT2D eigenvalue weighted by atomic mass is 10.2. The van der Waals surface area contributed by atoms with E-state index in [0.29, 0.717) is 5.13 Å². The van der Waals surface area contributed by atoms with Crippen LogP contribution in [0.3, 0.4) is 0 Å². The van der Waals surface area contributed by atoms with Gasteiger partial charge in [-0.05, 0) is 18.2 Å². The summed E-state index contributed by atoms with van der Waals surface area (Å²) in [6.45, 7) is 0. The Kier molecular flexibility index (Phi) is 6.39. The summed E-state index contributed by atoms with van der Waals surface area (Å²) < 4.78 is 6.45. The molecule has 0 spiro atoms. The summed E-state index contributed by atoms with van der Waals surface area (Å²) in [5, 5.41) is 24.1. The number of thioether (sulfide) groups is 1. The molecule has 0 saturated carbocycles. The van der Waals surface area contributed by atoms with Gasteiger partial charge in [-0.2, -0.15) is 0 Å². The van der Waals surface area contributed by atoms with Crippen molar-refractivity contribution in [3.63, 3.8) is 0 Å². The summed E-state index contributed by atoms with van der Waals surface area (Å²) in [6.07, 6.45) is 0. The summed E-state index contributed by atoms with van der Waals surface area (Å²) in [4.78, 5) is 27.3. The predicted molar refractivity (Wildman–Crippen MR) is 121 cm³/mol. The van der Waals surface area contributed by atoms with Gasteiger partial charge in [0.2, 0.25) is 5.91 Å². The minimum atomic E-state index is -0.518. The molecule has 9 nitrogen and oxygen atoms in total. The number of amides is 1. The molecular formula is C19H12BrN5O4S2. The monoisotopic (exact) mass is 517 g/mol. The molecule has 0 bridgehead atoms. The molecule has 0 aliphatic carbocycles. The zero-order valence-electron chi connectivity index (χ0n) is 15.5. The van der Waals surface area contributed by atoms with Gasteiger partial charge in [-0.15, -0.1) is 21.5 Å². The Morgan fingerprint density at radius 2 is 1.97 bits per heavy atom. The van der Waals surface area contributed by atoms with E-state index in [-0.39, 0.29) is 34.0 Å². The Bertz CT molecular complexity index is 1240. The molecule has 0 aliphatic rings. The second-order valence-electron chi connectivity index (χ2n) is 6.03. The average molecular weight is 518 g/mol. The molecule has 2 aromatic heterocycles. The molecule has 0 unspecified atom stereocenters. The van der Waals surface area contributed by atoms with Crippen LogP contribution < -0.4 is 5.32 Å². The molecule has 0 atom stereocenters. The highest BCUT2D eigenvalue weighted by molar-refractivity contribution is 9.10. The quantitative estimate of drug-likeness (QED) is 0.200. The first-order chi connectivity index (χ1) is 15.0. The molecule has 2 aromatic carbocycles. The van der Waals surface area contributed by atoms with E-state index in [2.05, 4.69) is 36.4 Å². The number of carbonyl (C=O) groups excluding carboxylic acids is 1. The number of halogens is 1. The van der Waals surface area contributed by atoms with Crippen LogP contribution in [0.4, 0.5) is 10.8 Å². The SMILES string of the molecule is O=C(CSc1nnc(-c2ccccc2[N+](=O)[O-])o1)Nc1nc(-c2ccc(Br)cc2)cs1. The van der Waals surface area contributed by atoms with Crippen LogP contribution in [0.15, 0.2) is 68.0 Å². The van der Waals surface area contributed by atoms with E-state index in [1.807, 2.05) is 29.6 Å². The number of rotatable bonds is 7. The number of benzene rings is 2. The van der Waals surface area contributed by atoms with Gasteiger partial charge in [0.1, 0.15) is 5.56 Å². The van der Waals surface area contributed by atoms with Crippen LogP contribution in [0, 0.1) is 10.1 Å².